The molecule has 0 atom stereocenters. The molecule has 18 heavy (non-hydrogen) atoms. The van der Waals surface area contributed by atoms with Gasteiger partial charge in [0.25, 0.3) is 0 Å². The largest absolute Gasteiger partial charge is 0.379 e. The molecule has 3 nitrogen and oxygen atoms in total. The van der Waals surface area contributed by atoms with Gasteiger partial charge in [-0.3, -0.25) is 4.68 Å². The zero-order valence-electron chi connectivity index (χ0n) is 10.9. The molecule has 0 radical (unpaired) electrons. The molecular weight excluding hydrogens is 290 g/mol. The Labute approximate surface area is 116 Å². The predicted molar refractivity (Wildman–Crippen MR) is 78.8 cm³/mol. The summed E-state index contributed by atoms with van der Waals surface area (Å²) in [5.74, 6) is 0. The highest BCUT2D eigenvalue weighted by Crippen LogP contribution is 2.21. The van der Waals surface area contributed by atoms with Crippen LogP contribution in [0.4, 0.5) is 5.69 Å². The van der Waals surface area contributed by atoms with Crippen molar-refractivity contribution >= 4 is 21.6 Å². The second-order valence-corrected chi connectivity index (χ2v) is 5.61. The molecule has 1 N–H and O–H groups in total. The molecular formula is C14H18BrN3. The molecule has 0 aliphatic rings. The number of hydrogen-bond acceptors (Lipinski definition) is 2. The van der Waals surface area contributed by atoms with Crippen LogP contribution in [0.3, 0.4) is 0 Å². The third-order valence-electron chi connectivity index (χ3n) is 2.85. The molecule has 0 fully saturated rings. The van der Waals surface area contributed by atoms with Gasteiger partial charge in [-0.1, -0.05) is 22.0 Å². The molecule has 1 heterocycles. The summed E-state index contributed by atoms with van der Waals surface area (Å²) in [4.78, 5) is 0. The number of hydrogen-bond donors (Lipinski definition) is 1. The summed E-state index contributed by atoms with van der Waals surface area (Å²) in [5, 5.41) is 7.94. The van der Waals surface area contributed by atoms with E-state index in [1.807, 2.05) is 16.9 Å². The monoisotopic (exact) mass is 307 g/mol. The number of anilines is 1. The van der Waals surface area contributed by atoms with Gasteiger partial charge < -0.3 is 5.32 Å². The number of nitrogens with zero attached hydrogens (tertiary/aromatic N) is 2. The summed E-state index contributed by atoms with van der Waals surface area (Å²) in [6.07, 6.45) is 2.02. The molecule has 1 aromatic heterocycles. The summed E-state index contributed by atoms with van der Waals surface area (Å²) in [7, 11) is 0. The predicted octanol–water partition coefficient (Wildman–Crippen LogP) is 4.15. The Morgan fingerprint density at radius 1 is 1.33 bits per heavy atom. The van der Waals surface area contributed by atoms with E-state index in [0.29, 0.717) is 6.04 Å². The second kappa shape index (κ2) is 5.57. The van der Waals surface area contributed by atoms with Gasteiger partial charge >= 0.3 is 0 Å². The van der Waals surface area contributed by atoms with Crippen molar-refractivity contribution in [2.75, 3.05) is 5.32 Å². The van der Waals surface area contributed by atoms with Crippen molar-refractivity contribution < 1.29 is 0 Å². The third-order valence-corrected chi connectivity index (χ3v) is 3.35. The van der Waals surface area contributed by atoms with E-state index in [2.05, 4.69) is 65.3 Å². The van der Waals surface area contributed by atoms with E-state index < -0.39 is 0 Å². The summed E-state index contributed by atoms with van der Waals surface area (Å²) in [6.45, 7) is 7.10. The quantitative estimate of drug-likeness (QED) is 0.919. The molecule has 0 aliphatic carbocycles. The van der Waals surface area contributed by atoms with Crippen LogP contribution in [0.25, 0.3) is 0 Å². The van der Waals surface area contributed by atoms with E-state index in [1.54, 1.807) is 0 Å². The van der Waals surface area contributed by atoms with Gasteiger partial charge in [0.1, 0.15) is 0 Å². The van der Waals surface area contributed by atoms with Crippen molar-refractivity contribution in [3.63, 3.8) is 0 Å². The molecule has 0 aliphatic heterocycles. The molecule has 1 aromatic carbocycles. The maximum absolute atomic E-state index is 4.52. The van der Waals surface area contributed by atoms with Gasteiger partial charge in [0, 0.05) is 22.4 Å². The highest BCUT2D eigenvalue weighted by atomic mass is 79.9. The molecule has 4 heteroatoms. The van der Waals surface area contributed by atoms with Crippen LogP contribution in [-0.2, 0) is 6.54 Å². The Hall–Kier alpha value is -1.29. The van der Waals surface area contributed by atoms with E-state index >= 15 is 0 Å². The van der Waals surface area contributed by atoms with Gasteiger partial charge in [0.05, 0.1) is 12.2 Å². The third kappa shape index (κ3) is 3.13. The maximum atomic E-state index is 4.52. The fourth-order valence-electron chi connectivity index (χ4n) is 1.73. The summed E-state index contributed by atoms with van der Waals surface area (Å²) in [5.41, 5.74) is 3.44. The lowest BCUT2D eigenvalue weighted by molar-refractivity contribution is 0.527. The molecule has 0 unspecified atom stereocenters. The normalized spacial score (nSPS) is 10.9. The summed E-state index contributed by atoms with van der Waals surface area (Å²) < 4.78 is 3.06. The first-order valence-corrected chi connectivity index (χ1v) is 6.89. The van der Waals surface area contributed by atoms with E-state index in [-0.39, 0.29) is 0 Å². The van der Waals surface area contributed by atoms with Gasteiger partial charge in [0.15, 0.2) is 0 Å². The van der Waals surface area contributed by atoms with Crippen LogP contribution in [0.2, 0.25) is 0 Å². The Kier molecular flexibility index (Phi) is 4.07. The molecule has 0 spiro atoms. The van der Waals surface area contributed by atoms with E-state index in [0.717, 1.165) is 22.4 Å². The van der Waals surface area contributed by atoms with Crippen molar-refractivity contribution in [2.45, 2.75) is 33.4 Å². The first-order chi connectivity index (χ1) is 8.56. The zero-order chi connectivity index (χ0) is 13.1. The van der Waals surface area contributed by atoms with E-state index in [1.165, 1.54) is 5.56 Å². The number of halogens is 1. The molecule has 2 rings (SSSR count). The van der Waals surface area contributed by atoms with Crippen molar-refractivity contribution in [1.29, 1.82) is 0 Å². The fraction of sp³-hybridized carbons (Fsp3) is 0.357. The van der Waals surface area contributed by atoms with Crippen LogP contribution >= 0.6 is 15.9 Å². The number of aryl methyl sites for hydroxylation is 1. The van der Waals surface area contributed by atoms with Crippen LogP contribution in [0.1, 0.15) is 31.1 Å². The first-order valence-electron chi connectivity index (χ1n) is 6.10. The molecule has 96 valence electrons. The van der Waals surface area contributed by atoms with Crippen molar-refractivity contribution in [1.82, 2.24) is 9.78 Å². The van der Waals surface area contributed by atoms with E-state index in [4.69, 9.17) is 0 Å². The second-order valence-electron chi connectivity index (χ2n) is 4.69. The van der Waals surface area contributed by atoms with Crippen molar-refractivity contribution in [3.05, 3.63) is 46.2 Å². The van der Waals surface area contributed by atoms with Gasteiger partial charge in [-0.25, -0.2) is 0 Å². The Morgan fingerprint density at radius 3 is 2.78 bits per heavy atom. The van der Waals surface area contributed by atoms with E-state index in [9.17, 15) is 0 Å². The molecule has 0 saturated carbocycles. The molecule has 0 amide bonds. The lowest BCUT2D eigenvalue weighted by atomic mass is 10.2. The van der Waals surface area contributed by atoms with Gasteiger partial charge in [-0.05, 0) is 44.5 Å². The first kappa shape index (κ1) is 13.1. The van der Waals surface area contributed by atoms with Crippen LogP contribution in [-0.4, -0.2) is 9.78 Å². The maximum Gasteiger partial charge on any atom is 0.0815 e. The smallest absolute Gasteiger partial charge is 0.0815 e. The van der Waals surface area contributed by atoms with Crippen LogP contribution in [0, 0.1) is 6.92 Å². The fourth-order valence-corrected chi connectivity index (χ4v) is 2.09. The van der Waals surface area contributed by atoms with Gasteiger partial charge in [-0.15, -0.1) is 0 Å². The standard InChI is InChI=1S/C14H18BrN3/c1-10(2)18-7-6-13(17-18)9-16-14-8-12(15)5-4-11(14)3/h4-8,10,16H,9H2,1-3H3. The number of benzene rings is 1. The Balaban J connectivity index is 2.04. The summed E-state index contributed by atoms with van der Waals surface area (Å²) >= 11 is 3.49. The van der Waals surface area contributed by atoms with Gasteiger partial charge in [0.2, 0.25) is 0 Å². The highest BCUT2D eigenvalue weighted by molar-refractivity contribution is 9.10. The average molecular weight is 308 g/mol. The zero-order valence-corrected chi connectivity index (χ0v) is 12.5. The number of rotatable bonds is 4. The number of aromatic nitrogens is 2. The molecule has 0 saturated heterocycles. The molecule has 0 bridgehead atoms. The lowest BCUT2D eigenvalue weighted by Crippen LogP contribution is -2.05. The molecule has 2 aromatic rings. The van der Waals surface area contributed by atoms with Gasteiger partial charge in [-0.2, -0.15) is 5.10 Å². The average Bonchev–Trinajstić information content (AvgIpc) is 2.79. The minimum atomic E-state index is 0.409. The van der Waals surface area contributed by atoms with Crippen LogP contribution in [0.15, 0.2) is 34.9 Å². The lowest BCUT2D eigenvalue weighted by Gasteiger charge is -2.09. The summed E-state index contributed by atoms with van der Waals surface area (Å²) in [6, 6.07) is 8.70. The Bertz CT molecular complexity index is 532. The van der Waals surface area contributed by atoms with Crippen molar-refractivity contribution in [2.24, 2.45) is 0 Å². The van der Waals surface area contributed by atoms with Crippen LogP contribution in [0.5, 0.6) is 0 Å². The minimum absolute atomic E-state index is 0.409. The Morgan fingerprint density at radius 2 is 2.11 bits per heavy atom. The topological polar surface area (TPSA) is 29.9 Å². The van der Waals surface area contributed by atoms with Crippen LogP contribution < -0.4 is 5.32 Å². The SMILES string of the molecule is Cc1ccc(Br)cc1NCc1ccn(C(C)C)n1. The highest BCUT2D eigenvalue weighted by Gasteiger charge is 2.03. The minimum Gasteiger partial charge on any atom is -0.379 e. The number of nitrogens with one attached hydrogen (secondary N) is 1. The van der Waals surface area contributed by atoms with Crippen molar-refractivity contribution in [3.8, 4) is 0 Å².